The lowest BCUT2D eigenvalue weighted by atomic mass is 10.1. The average Bonchev–Trinajstić information content (AvgIpc) is 4.04. The summed E-state index contributed by atoms with van der Waals surface area (Å²) in [4.78, 5) is 21.7. The molecule has 2 fully saturated rings. The molecule has 0 spiro atoms. The van der Waals surface area contributed by atoms with Crippen LogP contribution in [0.3, 0.4) is 0 Å². The molecule has 18 heteroatoms. The summed E-state index contributed by atoms with van der Waals surface area (Å²) in [6.45, 7) is 1.50. The van der Waals surface area contributed by atoms with Crippen LogP contribution in [0.4, 0.5) is 24.8 Å². The molecular formula is C36H30BrF3N14. The fourth-order valence-electron chi connectivity index (χ4n) is 7.14. The molecule has 0 saturated carbocycles. The van der Waals surface area contributed by atoms with Gasteiger partial charge in [-0.1, -0.05) is 0 Å². The van der Waals surface area contributed by atoms with E-state index in [0.717, 1.165) is 59.6 Å². The Morgan fingerprint density at radius 3 is 1.87 bits per heavy atom. The highest BCUT2D eigenvalue weighted by Crippen LogP contribution is 2.37. The van der Waals surface area contributed by atoms with E-state index in [1.54, 1.807) is 61.6 Å². The maximum atomic E-state index is 14.3. The van der Waals surface area contributed by atoms with Crippen molar-refractivity contribution in [2.24, 2.45) is 0 Å². The van der Waals surface area contributed by atoms with E-state index in [-0.39, 0.29) is 23.6 Å². The monoisotopic (exact) mass is 794 g/mol. The minimum Gasteiger partial charge on any atom is -0.348 e. The minimum absolute atomic E-state index is 0.109. The van der Waals surface area contributed by atoms with Gasteiger partial charge in [0.2, 0.25) is 5.95 Å². The molecule has 10 heterocycles. The number of pyridine rings is 2. The van der Waals surface area contributed by atoms with Crippen molar-refractivity contribution in [2.45, 2.75) is 37.8 Å². The van der Waals surface area contributed by atoms with Gasteiger partial charge in [0.25, 0.3) is 0 Å². The minimum atomic E-state index is -0.686. The van der Waals surface area contributed by atoms with Crippen molar-refractivity contribution in [3.05, 3.63) is 132 Å². The SMILES string of the molecule is Fc1ccc(F)c([C@H]2CCCN2c2ccn3ncc(-n4cc(Br)cn4)c3n2)n1.Fc1cccnc1[C@H]1CCCN1c1ccn2ncc(-n3cccn3)c2n1. The van der Waals surface area contributed by atoms with Gasteiger partial charge in [0, 0.05) is 50.3 Å². The largest absolute Gasteiger partial charge is 0.348 e. The van der Waals surface area contributed by atoms with Gasteiger partial charge in [-0.3, -0.25) is 4.98 Å². The van der Waals surface area contributed by atoms with Gasteiger partial charge in [-0.25, -0.2) is 42.1 Å². The van der Waals surface area contributed by atoms with Crippen molar-refractivity contribution in [1.82, 2.24) is 58.7 Å². The first kappa shape index (κ1) is 33.7. The highest BCUT2D eigenvalue weighted by atomic mass is 79.9. The van der Waals surface area contributed by atoms with Crippen LogP contribution in [-0.2, 0) is 0 Å². The molecule has 8 aromatic heterocycles. The number of aromatic nitrogens is 12. The summed E-state index contributed by atoms with van der Waals surface area (Å²) >= 11 is 3.38. The lowest BCUT2D eigenvalue weighted by Crippen LogP contribution is -2.25. The Hall–Kier alpha value is -6.17. The summed E-state index contributed by atoms with van der Waals surface area (Å²) in [6, 6.07) is 10.3. The molecule has 54 heavy (non-hydrogen) atoms. The third kappa shape index (κ3) is 6.21. The lowest BCUT2D eigenvalue weighted by molar-refractivity contribution is 0.518. The van der Waals surface area contributed by atoms with Crippen LogP contribution in [0.25, 0.3) is 22.7 Å². The van der Waals surface area contributed by atoms with E-state index in [1.165, 1.54) is 6.07 Å². The first-order chi connectivity index (χ1) is 26.4. The Morgan fingerprint density at radius 2 is 1.26 bits per heavy atom. The van der Waals surface area contributed by atoms with E-state index in [0.29, 0.717) is 35.8 Å². The predicted molar refractivity (Wildman–Crippen MR) is 195 cm³/mol. The van der Waals surface area contributed by atoms with Crippen molar-refractivity contribution in [1.29, 1.82) is 0 Å². The average molecular weight is 796 g/mol. The van der Waals surface area contributed by atoms with E-state index in [4.69, 9.17) is 9.97 Å². The molecule has 0 amide bonds. The molecule has 10 rings (SSSR count). The van der Waals surface area contributed by atoms with Crippen LogP contribution in [0.1, 0.15) is 49.2 Å². The molecule has 0 N–H and O–H groups in total. The van der Waals surface area contributed by atoms with Crippen molar-refractivity contribution in [2.75, 3.05) is 22.9 Å². The summed E-state index contributed by atoms with van der Waals surface area (Å²) < 4.78 is 49.8. The van der Waals surface area contributed by atoms with Crippen molar-refractivity contribution in [3.63, 3.8) is 0 Å². The summed E-state index contributed by atoms with van der Waals surface area (Å²) in [7, 11) is 0. The third-order valence-electron chi connectivity index (χ3n) is 9.57. The second-order valence-corrected chi connectivity index (χ2v) is 13.7. The van der Waals surface area contributed by atoms with Crippen LogP contribution in [-0.4, -0.2) is 71.8 Å². The van der Waals surface area contributed by atoms with Gasteiger partial charge in [-0.05, 0) is 84.1 Å². The molecule has 14 nitrogen and oxygen atoms in total. The molecule has 272 valence electrons. The van der Waals surface area contributed by atoms with Crippen LogP contribution in [0.2, 0.25) is 0 Å². The Balaban J connectivity index is 0.000000143. The number of hydrogen-bond donors (Lipinski definition) is 0. The second-order valence-electron chi connectivity index (χ2n) is 12.8. The zero-order valence-corrected chi connectivity index (χ0v) is 30.0. The quantitative estimate of drug-likeness (QED) is 0.173. The number of nitrogens with zero attached hydrogens (tertiary/aromatic N) is 14. The molecule has 0 unspecified atom stereocenters. The number of hydrogen-bond acceptors (Lipinski definition) is 10. The molecule has 2 atom stereocenters. The van der Waals surface area contributed by atoms with E-state index in [9.17, 15) is 13.2 Å². The number of fused-ring (bicyclic) bond motifs is 2. The van der Waals surface area contributed by atoms with Gasteiger partial charge < -0.3 is 9.80 Å². The Morgan fingerprint density at radius 1 is 0.611 bits per heavy atom. The number of anilines is 2. The Labute approximate surface area is 313 Å². The lowest BCUT2D eigenvalue weighted by Gasteiger charge is -2.25. The molecule has 0 aromatic carbocycles. The molecule has 0 bridgehead atoms. The highest BCUT2D eigenvalue weighted by molar-refractivity contribution is 9.10. The van der Waals surface area contributed by atoms with Gasteiger partial charge in [0.1, 0.15) is 40.3 Å². The fourth-order valence-corrected chi connectivity index (χ4v) is 7.43. The van der Waals surface area contributed by atoms with Crippen molar-refractivity contribution >= 4 is 38.9 Å². The Bertz CT molecular complexity index is 2580. The van der Waals surface area contributed by atoms with Gasteiger partial charge in [-0.2, -0.15) is 24.8 Å². The normalized spacial score (nSPS) is 17.1. The molecule has 2 aliphatic rings. The number of rotatable bonds is 6. The molecule has 8 aromatic rings. The van der Waals surface area contributed by atoms with E-state index >= 15 is 0 Å². The van der Waals surface area contributed by atoms with Gasteiger partial charge in [0.05, 0.1) is 40.8 Å². The smallest absolute Gasteiger partial charge is 0.213 e. The zero-order valence-electron chi connectivity index (χ0n) is 28.4. The summed E-state index contributed by atoms with van der Waals surface area (Å²) in [5.74, 6) is -0.0146. The molecule has 0 aliphatic carbocycles. The van der Waals surface area contributed by atoms with Gasteiger partial charge in [-0.15, -0.1) is 0 Å². The topological polar surface area (TPSA) is 128 Å². The van der Waals surface area contributed by atoms with Gasteiger partial charge >= 0.3 is 0 Å². The van der Waals surface area contributed by atoms with Crippen LogP contribution < -0.4 is 9.80 Å². The van der Waals surface area contributed by atoms with Crippen LogP contribution in [0.15, 0.2) is 103 Å². The summed E-state index contributed by atoms with van der Waals surface area (Å²) in [6.07, 6.45) is 19.1. The Kier molecular flexibility index (Phi) is 8.72. The molecular weight excluding hydrogens is 765 g/mol. The summed E-state index contributed by atoms with van der Waals surface area (Å²) in [5, 5.41) is 17.2. The van der Waals surface area contributed by atoms with Crippen LogP contribution >= 0.6 is 15.9 Å². The molecule has 2 saturated heterocycles. The van der Waals surface area contributed by atoms with Gasteiger partial charge in [0.15, 0.2) is 11.3 Å². The van der Waals surface area contributed by atoms with Crippen LogP contribution in [0.5, 0.6) is 0 Å². The second kappa shape index (κ2) is 14.0. The van der Waals surface area contributed by atoms with Crippen molar-refractivity contribution in [3.8, 4) is 11.4 Å². The van der Waals surface area contributed by atoms with Crippen molar-refractivity contribution < 1.29 is 13.2 Å². The van der Waals surface area contributed by atoms with E-state index in [2.05, 4.69) is 51.2 Å². The molecule has 0 radical (unpaired) electrons. The predicted octanol–water partition coefficient (Wildman–Crippen LogP) is 6.48. The highest BCUT2D eigenvalue weighted by Gasteiger charge is 2.32. The van der Waals surface area contributed by atoms with E-state index < -0.39 is 11.8 Å². The first-order valence-corrected chi connectivity index (χ1v) is 18.1. The maximum Gasteiger partial charge on any atom is 0.213 e. The van der Waals surface area contributed by atoms with Crippen LogP contribution in [0, 0.1) is 17.6 Å². The molecule has 2 aliphatic heterocycles. The summed E-state index contributed by atoms with van der Waals surface area (Å²) in [5.41, 5.74) is 3.44. The van der Waals surface area contributed by atoms with E-state index in [1.807, 2.05) is 41.7 Å². The third-order valence-corrected chi connectivity index (χ3v) is 9.98. The standard InChI is InChI=1S/C18H14BrF2N7.C18H16FN7/c19-11-8-22-28(10-11)14-9-23-27-7-5-16(25-18(14)27)26-6-1-2-13(26)17-12(20)3-4-15(21)24-17;19-13-4-1-7-20-17(13)14-5-2-9-24(14)16-6-11-26-18(23-16)15(12-22-26)25-10-3-8-21-25/h3-5,7-10,13H,1-2,6H2;1,3-4,6-8,10-12,14H,2,5,9H2/t13-;14-/m11/s1. The number of halogens is 4. The zero-order chi connectivity index (χ0) is 36.8. The maximum absolute atomic E-state index is 14.3. The fraction of sp³-hybridized carbons (Fsp3) is 0.222. The first-order valence-electron chi connectivity index (χ1n) is 17.3.